The topological polar surface area (TPSA) is 96.6 Å². The van der Waals surface area contributed by atoms with Crippen LogP contribution in [0, 0.1) is 17.1 Å². The van der Waals surface area contributed by atoms with Crippen LogP contribution in [0.4, 0.5) is 10.3 Å². The number of aryl methyl sites for hydroxylation is 1. The summed E-state index contributed by atoms with van der Waals surface area (Å²) in [7, 11) is 1.88. The van der Waals surface area contributed by atoms with Crippen molar-refractivity contribution in [3.63, 3.8) is 0 Å². The summed E-state index contributed by atoms with van der Waals surface area (Å²) in [5, 5.41) is 14.5. The first-order valence-corrected chi connectivity index (χ1v) is 10.5. The Morgan fingerprint density at radius 3 is 2.66 bits per heavy atom. The summed E-state index contributed by atoms with van der Waals surface area (Å²) in [6, 6.07) is 12.6. The van der Waals surface area contributed by atoms with Crippen LogP contribution in [-0.4, -0.2) is 38.9 Å². The predicted octanol–water partition coefficient (Wildman–Crippen LogP) is 3.64. The Morgan fingerprint density at radius 2 is 1.91 bits per heavy atom. The number of nitriles is 1. The Hall–Kier alpha value is -3.83. The Morgan fingerprint density at radius 1 is 1.12 bits per heavy atom. The van der Waals surface area contributed by atoms with Crippen LogP contribution in [0.3, 0.4) is 0 Å². The van der Waals surface area contributed by atoms with Crippen LogP contribution in [0.5, 0.6) is 0 Å². The molecule has 32 heavy (non-hydrogen) atoms. The normalized spacial score (nSPS) is 14.6. The van der Waals surface area contributed by atoms with E-state index in [-0.39, 0.29) is 11.6 Å². The zero-order valence-electron chi connectivity index (χ0n) is 17.7. The van der Waals surface area contributed by atoms with Crippen molar-refractivity contribution in [2.45, 2.75) is 18.9 Å². The molecule has 2 aromatic heterocycles. The molecule has 0 atom stereocenters. The monoisotopic (exact) mass is 427 g/mol. The van der Waals surface area contributed by atoms with Gasteiger partial charge in [0, 0.05) is 55.1 Å². The van der Waals surface area contributed by atoms with Crippen LogP contribution in [0.15, 0.2) is 48.8 Å². The molecule has 0 amide bonds. The Labute approximate surface area is 184 Å². The van der Waals surface area contributed by atoms with Gasteiger partial charge in [0.15, 0.2) is 0 Å². The Balaban J connectivity index is 1.64. The maximum Gasteiger partial charge on any atom is 0.225 e. The largest absolute Gasteiger partial charge is 0.341 e. The lowest BCUT2D eigenvalue weighted by molar-refractivity contribution is 0.495. The zero-order valence-corrected chi connectivity index (χ0v) is 17.7. The smallest absolute Gasteiger partial charge is 0.225 e. The highest BCUT2D eigenvalue weighted by Gasteiger charge is 2.21. The first-order chi connectivity index (χ1) is 15.5. The second-order valence-corrected chi connectivity index (χ2v) is 8.14. The highest BCUT2D eigenvalue weighted by atomic mass is 19.1. The molecule has 8 heteroatoms. The van der Waals surface area contributed by atoms with Gasteiger partial charge in [0.2, 0.25) is 5.95 Å². The second kappa shape index (κ2) is 8.02. The van der Waals surface area contributed by atoms with Crippen molar-refractivity contribution in [1.29, 1.82) is 5.26 Å². The maximum absolute atomic E-state index is 14.5. The second-order valence-electron chi connectivity index (χ2n) is 8.14. The molecule has 1 saturated heterocycles. The third-order valence-corrected chi connectivity index (χ3v) is 5.89. The highest BCUT2D eigenvalue weighted by molar-refractivity contribution is 5.88. The first-order valence-electron chi connectivity index (χ1n) is 10.5. The number of hydrogen-bond acceptors (Lipinski definition) is 6. The average Bonchev–Trinajstić information content (AvgIpc) is 3.18. The predicted molar refractivity (Wildman–Crippen MR) is 121 cm³/mol. The van der Waals surface area contributed by atoms with E-state index in [2.05, 4.69) is 15.0 Å². The van der Waals surface area contributed by atoms with Crippen molar-refractivity contribution >= 4 is 16.9 Å². The van der Waals surface area contributed by atoms with E-state index >= 15 is 0 Å². The molecule has 7 nitrogen and oxygen atoms in total. The van der Waals surface area contributed by atoms with Crippen LogP contribution < -0.4 is 10.6 Å². The minimum Gasteiger partial charge on any atom is -0.341 e. The van der Waals surface area contributed by atoms with E-state index < -0.39 is 5.82 Å². The number of halogens is 1. The van der Waals surface area contributed by atoms with Gasteiger partial charge in [-0.2, -0.15) is 10.4 Å². The van der Waals surface area contributed by atoms with Gasteiger partial charge in [0.05, 0.1) is 16.8 Å². The summed E-state index contributed by atoms with van der Waals surface area (Å²) < 4.78 is 16.2. The van der Waals surface area contributed by atoms with Gasteiger partial charge in [-0.05, 0) is 42.7 Å². The molecule has 1 fully saturated rings. The quantitative estimate of drug-likeness (QED) is 0.536. The summed E-state index contributed by atoms with van der Waals surface area (Å²) >= 11 is 0. The van der Waals surface area contributed by atoms with Gasteiger partial charge in [-0.25, -0.2) is 14.4 Å². The van der Waals surface area contributed by atoms with Crippen LogP contribution >= 0.6 is 0 Å². The molecule has 160 valence electrons. The van der Waals surface area contributed by atoms with Gasteiger partial charge in [-0.15, -0.1) is 0 Å². The fourth-order valence-corrected chi connectivity index (χ4v) is 4.13. The molecular weight excluding hydrogens is 405 g/mol. The fourth-order valence-electron chi connectivity index (χ4n) is 4.13. The molecule has 0 saturated carbocycles. The minimum atomic E-state index is -0.567. The summed E-state index contributed by atoms with van der Waals surface area (Å²) in [6.07, 6.45) is 5.50. The van der Waals surface area contributed by atoms with E-state index in [4.69, 9.17) is 16.0 Å². The van der Waals surface area contributed by atoms with Gasteiger partial charge >= 0.3 is 0 Å². The number of piperidine rings is 1. The standard InChI is InChI=1S/C24H22FN7/c1-31-14-18-10-15(4-5-22(18)30-31)20-13-28-24(32-8-6-19(27)7-9-32)29-23(20)16-2-3-17(12-26)21(25)11-16/h2-5,10-11,13-14,19H,6-9,27H2,1H3. The van der Waals surface area contributed by atoms with Gasteiger partial charge in [0.1, 0.15) is 11.9 Å². The SMILES string of the molecule is Cn1cc2cc(-c3cnc(N4CCC(N)CC4)nc3-c3ccc(C#N)c(F)c3)ccc2n1. The number of rotatable bonds is 3. The van der Waals surface area contributed by atoms with Crippen molar-refractivity contribution in [2.75, 3.05) is 18.0 Å². The first kappa shape index (κ1) is 20.1. The molecule has 0 radical (unpaired) electrons. The molecule has 0 bridgehead atoms. The van der Waals surface area contributed by atoms with Crippen LogP contribution in [-0.2, 0) is 7.05 Å². The Kier molecular flexibility index (Phi) is 5.04. The fraction of sp³-hybridized carbons (Fsp3) is 0.250. The maximum atomic E-state index is 14.5. The lowest BCUT2D eigenvalue weighted by Gasteiger charge is -2.30. The molecule has 0 spiro atoms. The summed E-state index contributed by atoms with van der Waals surface area (Å²) in [6.45, 7) is 1.56. The molecule has 4 aromatic rings. The van der Waals surface area contributed by atoms with E-state index in [1.54, 1.807) is 16.9 Å². The number of hydrogen-bond donors (Lipinski definition) is 1. The van der Waals surface area contributed by atoms with Crippen molar-refractivity contribution in [2.24, 2.45) is 12.8 Å². The third kappa shape index (κ3) is 3.67. The molecule has 2 aromatic carbocycles. The lowest BCUT2D eigenvalue weighted by Crippen LogP contribution is -2.40. The number of nitrogens with zero attached hydrogens (tertiary/aromatic N) is 6. The van der Waals surface area contributed by atoms with Gasteiger partial charge in [-0.3, -0.25) is 4.68 Å². The molecular formula is C24H22FN7. The van der Waals surface area contributed by atoms with Crippen molar-refractivity contribution in [1.82, 2.24) is 19.7 Å². The van der Waals surface area contributed by atoms with Crippen LogP contribution in [0.25, 0.3) is 33.3 Å². The zero-order chi connectivity index (χ0) is 22.2. The van der Waals surface area contributed by atoms with Crippen LogP contribution in [0.2, 0.25) is 0 Å². The van der Waals surface area contributed by atoms with E-state index in [0.29, 0.717) is 17.2 Å². The van der Waals surface area contributed by atoms with Gasteiger partial charge in [-0.1, -0.05) is 12.1 Å². The van der Waals surface area contributed by atoms with E-state index in [0.717, 1.165) is 48.0 Å². The third-order valence-electron chi connectivity index (χ3n) is 5.89. The van der Waals surface area contributed by atoms with E-state index in [1.165, 1.54) is 12.1 Å². The number of fused-ring (bicyclic) bond motifs is 1. The number of benzene rings is 2. The molecule has 1 aliphatic heterocycles. The van der Waals surface area contributed by atoms with Crippen molar-refractivity contribution in [3.8, 4) is 28.5 Å². The molecule has 1 aliphatic rings. The van der Waals surface area contributed by atoms with Gasteiger partial charge in [0.25, 0.3) is 0 Å². The highest BCUT2D eigenvalue weighted by Crippen LogP contribution is 2.34. The van der Waals surface area contributed by atoms with Gasteiger partial charge < -0.3 is 10.6 Å². The molecule has 5 rings (SSSR count). The minimum absolute atomic E-state index is 0.00590. The van der Waals surface area contributed by atoms with E-state index in [9.17, 15) is 4.39 Å². The number of anilines is 1. The average molecular weight is 427 g/mol. The summed E-state index contributed by atoms with van der Waals surface area (Å²) in [4.78, 5) is 11.6. The van der Waals surface area contributed by atoms with Crippen molar-refractivity contribution < 1.29 is 4.39 Å². The molecule has 3 heterocycles. The molecule has 0 unspecified atom stereocenters. The van der Waals surface area contributed by atoms with Crippen molar-refractivity contribution in [3.05, 3.63) is 60.2 Å². The van der Waals surface area contributed by atoms with E-state index in [1.807, 2.05) is 37.5 Å². The number of nitrogens with two attached hydrogens (primary N) is 1. The molecule has 2 N–H and O–H groups in total. The van der Waals surface area contributed by atoms with Crippen LogP contribution in [0.1, 0.15) is 18.4 Å². The molecule has 0 aliphatic carbocycles. The summed E-state index contributed by atoms with van der Waals surface area (Å²) in [5.74, 6) is 0.0330. The Bertz CT molecular complexity index is 1350. The summed E-state index contributed by atoms with van der Waals surface area (Å²) in [5.41, 5.74) is 9.87. The number of aromatic nitrogens is 4. The lowest BCUT2D eigenvalue weighted by atomic mass is 9.99.